The Morgan fingerprint density at radius 2 is 1.16 bits per heavy atom. The fraction of sp³-hybridized carbons (Fsp3) is 0.361. The molecule has 0 unspecified atom stereocenters. The molecule has 90 heavy (non-hydrogen) atoms. The van der Waals surface area contributed by atoms with Crippen molar-refractivity contribution >= 4 is 11.6 Å². The Kier molecular flexibility index (Phi) is 27.0. The van der Waals surface area contributed by atoms with E-state index < -0.39 is 0 Å². The SMILES string of the molecule is Cc1cnnn1C.Cc1nc(CN2CCOCC2)nn1C.Cc1ncn(C)n1.Cc1nnc(C)n1C.Cc1nnc(Cc2ccccc2)n1C.Cc1nnn(C)c1-c1cccc(F)c1.Cn1cnnc1-c1ccccc1.Cn1nnnc1Cc1ccc(Cl)cc1. The standard InChI is InChI=1S/C11H13N3.C10H10FN3.C9H9ClN4.C9H16N4O.C9H9N3.C5H9N3.2C4H7N3/c1-9-12-13-11(14(9)2)8-10-6-4-3-5-7-10;1-7-10(14(2)13-12-7)8-4-3-5-9(11)6-8;1-14-9(11-12-13-14)6-7-2-4-8(10)5-3-7;1-8-10-9(11-12(8)2)7-13-3-5-14-6-4-13;1-12-7-10-11-9(12)8-5-3-2-4-6-8;1-4-6-7-5(2)8(4)3;1-4-5-3-7(2)6-4;1-4-3-5-6-7(4)2/h3-7H,8H2,1-2H3;3-6H,1-2H3;2-5H,6H2,1H3;3-7H2,1-2H3;2-7H,1H3;1-3H3;2*3H,1-2H3. The summed E-state index contributed by atoms with van der Waals surface area (Å²) in [6.07, 6.45) is 6.66. The predicted molar refractivity (Wildman–Crippen MR) is 339 cm³/mol. The third kappa shape index (κ3) is 22.3. The second kappa shape index (κ2) is 35.2. The number of hydrogen-bond donors (Lipinski definition) is 0. The zero-order chi connectivity index (χ0) is 65.1. The Balaban J connectivity index is 0.000000166. The van der Waals surface area contributed by atoms with Gasteiger partial charge in [-0.25, -0.2) is 23.7 Å². The number of hydrogen-bond acceptors (Lipinski definition) is 19. The zero-order valence-corrected chi connectivity index (χ0v) is 54.6. The number of morpholine rings is 1. The summed E-state index contributed by atoms with van der Waals surface area (Å²) in [7, 11) is 15.1. The summed E-state index contributed by atoms with van der Waals surface area (Å²) in [6.45, 7) is 17.9. The maximum absolute atomic E-state index is 13.0. The van der Waals surface area contributed by atoms with Gasteiger partial charge < -0.3 is 18.4 Å². The van der Waals surface area contributed by atoms with Crippen LogP contribution in [-0.4, -0.2) is 155 Å². The molecule has 29 heteroatoms. The second-order valence-electron chi connectivity index (χ2n) is 20.6. The van der Waals surface area contributed by atoms with Crippen LogP contribution in [0.5, 0.6) is 0 Å². The summed E-state index contributed by atoms with van der Waals surface area (Å²) in [5.74, 6) is 8.07. The summed E-state index contributed by atoms with van der Waals surface area (Å²) >= 11 is 5.78. The van der Waals surface area contributed by atoms with Crippen LogP contribution in [0.3, 0.4) is 0 Å². The quantitative estimate of drug-likeness (QED) is 0.145. The first-order valence-electron chi connectivity index (χ1n) is 28.6. The van der Waals surface area contributed by atoms with E-state index >= 15 is 0 Å². The van der Waals surface area contributed by atoms with Crippen molar-refractivity contribution in [2.24, 2.45) is 56.4 Å². The highest BCUT2D eigenvalue weighted by Gasteiger charge is 2.14. The van der Waals surface area contributed by atoms with Gasteiger partial charge in [-0.2, -0.15) is 10.2 Å². The monoisotopic (exact) mass is 1250 g/mol. The molecule has 1 fully saturated rings. The first kappa shape index (κ1) is 69.2. The Labute approximate surface area is 528 Å². The number of tetrazole rings is 1. The van der Waals surface area contributed by atoms with Crippen molar-refractivity contribution in [3.8, 4) is 22.6 Å². The van der Waals surface area contributed by atoms with Crippen molar-refractivity contribution in [1.82, 2.24) is 129 Å². The molecule has 27 nitrogen and oxygen atoms in total. The van der Waals surface area contributed by atoms with Crippen molar-refractivity contribution in [2.75, 3.05) is 26.3 Å². The molecule has 8 aromatic heterocycles. The first-order valence-corrected chi connectivity index (χ1v) is 29.0. The molecule has 0 radical (unpaired) electrons. The van der Waals surface area contributed by atoms with Crippen LogP contribution < -0.4 is 0 Å². The highest BCUT2D eigenvalue weighted by Crippen LogP contribution is 2.21. The van der Waals surface area contributed by atoms with E-state index in [1.54, 1.807) is 50.7 Å². The molecule has 0 atom stereocenters. The largest absolute Gasteiger partial charge is 0.379 e. The van der Waals surface area contributed by atoms with E-state index in [9.17, 15) is 4.39 Å². The highest BCUT2D eigenvalue weighted by molar-refractivity contribution is 6.30. The van der Waals surface area contributed by atoms with E-state index in [-0.39, 0.29) is 5.82 Å². The van der Waals surface area contributed by atoms with Crippen LogP contribution in [0.15, 0.2) is 128 Å². The summed E-state index contributed by atoms with van der Waals surface area (Å²) in [5, 5.41) is 58.9. The molecule has 1 aliphatic heterocycles. The lowest BCUT2D eigenvalue weighted by Crippen LogP contribution is -2.35. The number of nitrogens with zero attached hydrogens (tertiary/aromatic N) is 26. The Morgan fingerprint density at radius 3 is 1.61 bits per heavy atom. The van der Waals surface area contributed by atoms with Crippen molar-refractivity contribution in [3.63, 3.8) is 0 Å². The van der Waals surface area contributed by atoms with E-state index in [4.69, 9.17) is 16.3 Å². The van der Waals surface area contributed by atoms with Crippen molar-refractivity contribution in [3.05, 3.63) is 208 Å². The molecule has 9 heterocycles. The lowest BCUT2D eigenvalue weighted by Gasteiger charge is -2.25. The van der Waals surface area contributed by atoms with E-state index in [1.165, 1.54) is 17.7 Å². The van der Waals surface area contributed by atoms with Crippen molar-refractivity contribution < 1.29 is 9.13 Å². The van der Waals surface area contributed by atoms with Crippen LogP contribution >= 0.6 is 11.6 Å². The number of ether oxygens (including phenoxy) is 1. The van der Waals surface area contributed by atoms with Gasteiger partial charge in [0.2, 0.25) is 0 Å². The third-order valence-electron chi connectivity index (χ3n) is 13.7. The van der Waals surface area contributed by atoms with Gasteiger partial charge in [-0.05, 0) is 94.3 Å². The van der Waals surface area contributed by atoms with Crippen molar-refractivity contribution in [1.29, 1.82) is 0 Å². The van der Waals surface area contributed by atoms with E-state index in [0.717, 1.165) is 137 Å². The fourth-order valence-electron chi connectivity index (χ4n) is 8.04. The van der Waals surface area contributed by atoms with Crippen LogP contribution in [0, 0.1) is 54.3 Å². The summed E-state index contributed by atoms with van der Waals surface area (Å²) < 4.78 is 32.6. The lowest BCUT2D eigenvalue weighted by molar-refractivity contribution is 0.0330. The lowest BCUT2D eigenvalue weighted by atomic mass is 10.1. The molecular formula is C61H80ClFN26O. The molecule has 0 bridgehead atoms. The van der Waals surface area contributed by atoms with Gasteiger partial charge in [0.15, 0.2) is 17.5 Å². The molecular weight excluding hydrogens is 1170 g/mol. The molecule has 1 saturated heterocycles. The molecule has 13 rings (SSSR count). The first-order chi connectivity index (χ1) is 43.1. The molecule has 0 saturated carbocycles. The number of halogens is 2. The minimum absolute atomic E-state index is 0.247. The van der Waals surface area contributed by atoms with Crippen LogP contribution in [0.25, 0.3) is 22.6 Å². The summed E-state index contributed by atoms with van der Waals surface area (Å²) in [6, 6.07) is 34.4. The number of aromatic nitrogens is 25. The average molecular weight is 1250 g/mol. The van der Waals surface area contributed by atoms with Gasteiger partial charge in [-0.3, -0.25) is 18.9 Å². The molecule has 0 N–H and O–H groups in total. The summed E-state index contributed by atoms with van der Waals surface area (Å²) in [5.41, 5.74) is 7.05. The van der Waals surface area contributed by atoms with Crippen LogP contribution in [0.1, 0.15) is 69.1 Å². The average Bonchev–Trinajstić information content (AvgIpc) is 2.42. The normalized spacial score (nSPS) is 11.5. The molecule has 1 aliphatic rings. The number of benzene rings is 4. The zero-order valence-electron chi connectivity index (χ0n) is 53.9. The van der Waals surface area contributed by atoms with Gasteiger partial charge >= 0.3 is 0 Å². The van der Waals surface area contributed by atoms with Crippen LogP contribution in [-0.2, 0) is 80.5 Å². The van der Waals surface area contributed by atoms with E-state index in [0.29, 0.717) is 0 Å². The van der Waals surface area contributed by atoms with Gasteiger partial charge in [0.1, 0.15) is 53.4 Å². The molecule has 4 aromatic carbocycles. The summed E-state index contributed by atoms with van der Waals surface area (Å²) in [4.78, 5) is 10.6. The predicted octanol–water partition coefficient (Wildman–Crippen LogP) is 7.22. The van der Waals surface area contributed by atoms with Gasteiger partial charge in [-0.1, -0.05) is 107 Å². The maximum Gasteiger partial charge on any atom is 0.164 e. The Hall–Kier alpha value is -9.93. The minimum atomic E-state index is -0.247. The number of aryl methyl sites for hydroxylation is 13. The van der Waals surface area contributed by atoms with Gasteiger partial charge in [0, 0.05) is 98.5 Å². The molecule has 0 amide bonds. The van der Waals surface area contributed by atoms with Crippen LogP contribution in [0.4, 0.5) is 4.39 Å². The maximum atomic E-state index is 13.0. The Morgan fingerprint density at radius 1 is 0.533 bits per heavy atom. The van der Waals surface area contributed by atoms with E-state index in [1.807, 2.05) is 195 Å². The van der Waals surface area contributed by atoms with Crippen LogP contribution in [0.2, 0.25) is 5.02 Å². The van der Waals surface area contributed by atoms with Gasteiger partial charge in [-0.15, -0.1) is 45.9 Å². The Bertz CT molecular complexity index is 3890. The smallest absolute Gasteiger partial charge is 0.164 e. The molecule has 0 aliphatic carbocycles. The molecule has 474 valence electrons. The number of rotatable bonds is 8. The second-order valence-corrected chi connectivity index (χ2v) is 21.0. The van der Waals surface area contributed by atoms with Gasteiger partial charge in [0.05, 0.1) is 43.0 Å². The minimum Gasteiger partial charge on any atom is -0.379 e. The highest BCUT2D eigenvalue weighted by atomic mass is 35.5. The van der Waals surface area contributed by atoms with Gasteiger partial charge in [0.25, 0.3) is 0 Å². The fourth-order valence-corrected chi connectivity index (χ4v) is 8.17. The topological polar surface area (TPSA) is 271 Å². The molecule has 12 aromatic rings. The third-order valence-corrected chi connectivity index (χ3v) is 13.9. The van der Waals surface area contributed by atoms with E-state index in [2.05, 4.69) is 104 Å². The van der Waals surface area contributed by atoms with Crippen molar-refractivity contribution in [2.45, 2.75) is 67.9 Å². The molecule has 0 spiro atoms.